The van der Waals surface area contributed by atoms with Crippen molar-refractivity contribution in [1.29, 1.82) is 0 Å². The Bertz CT molecular complexity index is 1480. The zero-order valence-electron chi connectivity index (χ0n) is 22.2. The minimum atomic E-state index is -0.572. The number of aromatic nitrogens is 4. The Balaban J connectivity index is 1.43. The molecule has 4 heterocycles. The Kier molecular flexibility index (Phi) is 7.53. The molecule has 1 amide bonds. The summed E-state index contributed by atoms with van der Waals surface area (Å²) in [6.07, 6.45) is 5.00. The van der Waals surface area contributed by atoms with Crippen LogP contribution in [0.2, 0.25) is 5.21 Å². The van der Waals surface area contributed by atoms with Crippen LogP contribution in [0.25, 0.3) is 22.3 Å². The van der Waals surface area contributed by atoms with Gasteiger partial charge in [-0.05, 0) is 0 Å². The van der Waals surface area contributed by atoms with E-state index < -0.39 is 11.4 Å². The second-order valence-corrected chi connectivity index (χ2v) is 12.9. The Morgan fingerprint density at radius 1 is 1.21 bits per heavy atom. The maximum absolute atomic E-state index is 14.0. The number of H-pyrrole nitrogens is 1. The number of hydrogen-bond acceptors (Lipinski definition) is 5. The molecule has 197 valence electrons. The number of nitrogens with one attached hydrogen (secondary N) is 1. The Hall–Kier alpha value is -3.25. The second kappa shape index (κ2) is 10.9. The van der Waals surface area contributed by atoms with E-state index in [0.29, 0.717) is 30.9 Å². The fraction of sp³-hybridized carbons (Fsp3) is 0.379. The van der Waals surface area contributed by atoms with Gasteiger partial charge in [0.25, 0.3) is 0 Å². The number of carbonyl (C=O) groups is 1. The normalized spacial score (nSPS) is 13.9. The fourth-order valence-corrected chi connectivity index (χ4v) is 7.20. The first kappa shape index (κ1) is 26.4. The molecule has 1 radical (unpaired) electrons. The van der Waals surface area contributed by atoms with Gasteiger partial charge in [-0.3, -0.25) is 0 Å². The monoisotopic (exact) mass is 576 g/mol. The van der Waals surface area contributed by atoms with Crippen molar-refractivity contribution >= 4 is 37.2 Å². The Morgan fingerprint density at radius 3 is 2.79 bits per heavy atom. The number of carbonyl (C=O) groups excluding carboxylic acids is 1. The zero-order chi connectivity index (χ0) is 26.9. The van der Waals surface area contributed by atoms with E-state index in [1.54, 1.807) is 11.1 Å². The van der Waals surface area contributed by atoms with E-state index in [2.05, 4.69) is 41.2 Å². The molecule has 7 nitrogen and oxygen atoms in total. The Labute approximate surface area is 228 Å². The third-order valence-corrected chi connectivity index (χ3v) is 8.88. The first-order valence-corrected chi connectivity index (χ1v) is 15.2. The van der Waals surface area contributed by atoms with Crippen molar-refractivity contribution in [2.24, 2.45) is 0 Å². The molecule has 0 saturated carbocycles. The van der Waals surface area contributed by atoms with Gasteiger partial charge >= 0.3 is 229 Å². The first-order valence-electron chi connectivity index (χ1n) is 13.0. The molecule has 0 aliphatic carbocycles. The van der Waals surface area contributed by atoms with Crippen molar-refractivity contribution in [2.75, 3.05) is 6.54 Å². The van der Waals surface area contributed by atoms with Crippen LogP contribution in [0.4, 0.5) is 9.18 Å². The number of fused-ring (bicyclic) bond motifs is 2. The summed E-state index contributed by atoms with van der Waals surface area (Å²) >= 11 is -0.276. The van der Waals surface area contributed by atoms with Crippen molar-refractivity contribution in [3.05, 3.63) is 71.1 Å². The molecule has 0 unspecified atom stereocenters. The number of ether oxygens (including phenoxy) is 1. The summed E-state index contributed by atoms with van der Waals surface area (Å²) in [5.74, 6) is 0.0221. The number of hydrogen-bond donors (Lipinski definition) is 1. The first-order chi connectivity index (χ1) is 18.2. The molecule has 9 heteroatoms. The van der Waals surface area contributed by atoms with E-state index in [4.69, 9.17) is 14.7 Å². The number of nitrogens with zero attached hydrogens (tertiary/aromatic N) is 4. The zero-order valence-corrected chi connectivity index (χ0v) is 24.1. The third kappa shape index (κ3) is 5.75. The van der Waals surface area contributed by atoms with E-state index in [-0.39, 0.29) is 21.8 Å². The average Bonchev–Trinajstić information content (AvgIpc) is 3.25. The van der Waals surface area contributed by atoms with E-state index in [9.17, 15) is 9.18 Å². The SMILES string of the molecule is CCc1[nH]c2ccccc2c1CC[As]c1nc(-c2cncc(F)c2)nc2c1CCN(C(=O)OC(C)(C)C)C2. The van der Waals surface area contributed by atoms with Crippen LogP contribution in [-0.4, -0.2) is 58.8 Å². The number of aryl methyl sites for hydroxylation is 2. The van der Waals surface area contributed by atoms with Crippen molar-refractivity contribution in [3.63, 3.8) is 0 Å². The molecular formula is C29H32AsFN5O2. The number of benzene rings is 1. The number of pyridine rings is 1. The standard InChI is InChI=1S/C29H32AsFN5O2/c1-5-23-21(20-8-6-7-9-24(20)33-23)10-12-30-26-22-11-13-36(28(37)38-29(2,3)4)17-25(22)34-27(35-26)18-14-19(31)16-32-15-18/h6-9,14-16,33H,5,10-13,17H2,1-4H3. The van der Waals surface area contributed by atoms with Gasteiger partial charge in [-0.2, -0.15) is 0 Å². The van der Waals surface area contributed by atoms with Gasteiger partial charge in [-0.15, -0.1) is 0 Å². The molecule has 38 heavy (non-hydrogen) atoms. The molecule has 0 spiro atoms. The molecule has 1 N–H and O–H groups in total. The van der Waals surface area contributed by atoms with Crippen molar-refractivity contribution < 1.29 is 13.9 Å². The number of rotatable bonds is 6. The third-order valence-electron chi connectivity index (χ3n) is 6.54. The summed E-state index contributed by atoms with van der Waals surface area (Å²) in [4.78, 5) is 31.8. The number of halogens is 1. The average molecular weight is 577 g/mol. The molecule has 1 aliphatic rings. The van der Waals surface area contributed by atoms with Crippen LogP contribution in [0.15, 0.2) is 42.7 Å². The van der Waals surface area contributed by atoms with Gasteiger partial charge in [0.15, 0.2) is 0 Å². The topological polar surface area (TPSA) is 84.0 Å². The number of aromatic amines is 1. The van der Waals surface area contributed by atoms with Gasteiger partial charge in [0.1, 0.15) is 0 Å². The molecule has 1 aliphatic heterocycles. The van der Waals surface area contributed by atoms with E-state index in [1.165, 1.54) is 34.4 Å². The van der Waals surface area contributed by atoms with Crippen LogP contribution in [-0.2, 0) is 30.5 Å². The van der Waals surface area contributed by atoms with Gasteiger partial charge < -0.3 is 0 Å². The molecule has 1 aromatic carbocycles. The maximum atomic E-state index is 14.0. The molecule has 4 aromatic rings. The van der Waals surface area contributed by atoms with Crippen molar-refractivity contribution in [2.45, 2.75) is 64.3 Å². The van der Waals surface area contributed by atoms with Crippen LogP contribution in [0.3, 0.4) is 0 Å². The van der Waals surface area contributed by atoms with E-state index in [1.807, 2.05) is 20.8 Å². The van der Waals surface area contributed by atoms with E-state index in [0.717, 1.165) is 33.8 Å². The molecular weight excluding hydrogens is 544 g/mol. The molecule has 0 fully saturated rings. The number of para-hydroxylation sites is 1. The predicted octanol–water partition coefficient (Wildman–Crippen LogP) is 5.01. The van der Waals surface area contributed by atoms with Gasteiger partial charge in [0, 0.05) is 0 Å². The van der Waals surface area contributed by atoms with E-state index >= 15 is 0 Å². The van der Waals surface area contributed by atoms with Gasteiger partial charge in [0.2, 0.25) is 0 Å². The second-order valence-electron chi connectivity index (χ2n) is 10.5. The minimum absolute atomic E-state index is 0.276. The summed E-state index contributed by atoms with van der Waals surface area (Å²) < 4.78 is 20.6. The van der Waals surface area contributed by atoms with Crippen LogP contribution in [0, 0.1) is 5.82 Å². The molecule has 3 aromatic heterocycles. The van der Waals surface area contributed by atoms with Gasteiger partial charge in [-0.25, -0.2) is 0 Å². The fourth-order valence-electron chi connectivity index (χ4n) is 4.80. The predicted molar refractivity (Wildman–Crippen MR) is 147 cm³/mol. The Morgan fingerprint density at radius 2 is 2.03 bits per heavy atom. The summed E-state index contributed by atoms with van der Waals surface area (Å²) in [6, 6.07) is 9.86. The summed E-state index contributed by atoms with van der Waals surface area (Å²) in [5, 5.41) is 2.29. The van der Waals surface area contributed by atoms with Crippen LogP contribution in [0.5, 0.6) is 0 Å². The van der Waals surface area contributed by atoms with Crippen LogP contribution in [0.1, 0.15) is 50.2 Å². The quantitative estimate of drug-likeness (QED) is 0.327. The van der Waals surface area contributed by atoms with Crippen molar-refractivity contribution in [1.82, 2.24) is 24.8 Å². The molecule has 0 atom stereocenters. The summed E-state index contributed by atoms with van der Waals surface area (Å²) in [7, 11) is 0. The number of amides is 1. The summed E-state index contributed by atoms with van der Waals surface area (Å²) in [5.41, 5.74) is 5.74. The van der Waals surface area contributed by atoms with Crippen molar-refractivity contribution in [3.8, 4) is 11.4 Å². The molecule has 0 saturated heterocycles. The van der Waals surface area contributed by atoms with Crippen LogP contribution >= 0.6 is 0 Å². The van der Waals surface area contributed by atoms with Crippen LogP contribution < -0.4 is 4.48 Å². The summed E-state index contributed by atoms with van der Waals surface area (Å²) in [6.45, 7) is 8.67. The van der Waals surface area contributed by atoms with Gasteiger partial charge in [0.05, 0.1) is 0 Å². The molecule has 0 bridgehead atoms. The molecule has 5 rings (SSSR count). The van der Waals surface area contributed by atoms with Gasteiger partial charge in [-0.1, -0.05) is 0 Å².